The van der Waals surface area contributed by atoms with Crippen LogP contribution in [0.2, 0.25) is 0 Å². The zero-order chi connectivity index (χ0) is 28.7. The minimum Gasteiger partial charge on any atom is -0.331 e. The minimum atomic E-state index is -2.96. The Kier molecular flexibility index (Phi) is 8.65. The number of hydrogen-bond acceptors (Lipinski definition) is 4. The number of nitrogens with zero attached hydrogens (tertiary/aromatic N) is 5. The van der Waals surface area contributed by atoms with E-state index in [2.05, 4.69) is 22.6 Å². The maximum absolute atomic E-state index is 13.8. The lowest BCUT2D eigenvalue weighted by Gasteiger charge is -2.29. The van der Waals surface area contributed by atoms with Crippen molar-refractivity contribution < 1.29 is 13.6 Å². The molecule has 0 atom stereocenters. The number of rotatable bonds is 10. The Labute approximate surface area is 232 Å². The Morgan fingerprint density at radius 1 is 1.00 bits per heavy atom. The number of fused-ring (bicyclic) bond motifs is 1. The average Bonchev–Trinajstić information content (AvgIpc) is 2.96. The molecule has 0 fully saturated rings. The van der Waals surface area contributed by atoms with Gasteiger partial charge in [0.05, 0.1) is 30.0 Å². The summed E-state index contributed by atoms with van der Waals surface area (Å²) in [4.78, 5) is 25.9. The first kappa shape index (κ1) is 28.1. The number of alkyl halides is 2. The van der Waals surface area contributed by atoms with Crippen LogP contribution in [0.25, 0.3) is 10.9 Å². The quantitative estimate of drug-likeness (QED) is 0.170. The van der Waals surface area contributed by atoms with Crippen molar-refractivity contribution in [2.24, 2.45) is 4.99 Å². The van der Waals surface area contributed by atoms with E-state index in [4.69, 9.17) is 5.26 Å². The molecular weight excluding hydrogens is 508 g/mol. The fourth-order valence-electron chi connectivity index (χ4n) is 4.24. The lowest BCUT2D eigenvalue weighted by atomic mass is 10.1. The van der Waals surface area contributed by atoms with Gasteiger partial charge in [-0.15, -0.1) is 0 Å². The molecule has 0 aliphatic carbocycles. The second-order valence-electron chi connectivity index (χ2n) is 9.51. The van der Waals surface area contributed by atoms with Gasteiger partial charge < -0.3 is 9.80 Å². The molecule has 8 heteroatoms. The molecule has 0 saturated heterocycles. The summed E-state index contributed by atoms with van der Waals surface area (Å²) in [5.41, 5.74) is 3.66. The van der Waals surface area contributed by atoms with Gasteiger partial charge in [0.1, 0.15) is 5.69 Å². The van der Waals surface area contributed by atoms with Crippen molar-refractivity contribution in [3.63, 3.8) is 0 Å². The Bertz CT molecular complexity index is 1570. The van der Waals surface area contributed by atoms with Gasteiger partial charge in [-0.1, -0.05) is 67.2 Å². The van der Waals surface area contributed by atoms with Crippen molar-refractivity contribution >= 4 is 23.1 Å². The van der Waals surface area contributed by atoms with E-state index in [0.717, 1.165) is 17.9 Å². The third kappa shape index (κ3) is 6.94. The molecule has 0 aliphatic heterocycles. The van der Waals surface area contributed by atoms with Crippen LogP contribution in [0.3, 0.4) is 0 Å². The molecule has 40 heavy (non-hydrogen) atoms. The summed E-state index contributed by atoms with van der Waals surface area (Å²) in [6, 6.07) is 26.3. The molecule has 0 unspecified atom stereocenters. The zero-order valence-electron chi connectivity index (χ0n) is 22.4. The molecular formula is C32H29F2N5O. The van der Waals surface area contributed by atoms with Gasteiger partial charge in [0, 0.05) is 43.7 Å². The molecule has 0 N–H and O–H groups in total. The fraction of sp³-hybridized carbons (Fsp3) is 0.188. The zero-order valence-corrected chi connectivity index (χ0v) is 22.4. The summed E-state index contributed by atoms with van der Waals surface area (Å²) in [5, 5.41) is 10.0. The second kappa shape index (κ2) is 12.3. The van der Waals surface area contributed by atoms with E-state index in [0.29, 0.717) is 28.9 Å². The summed E-state index contributed by atoms with van der Waals surface area (Å²) in [6.45, 7) is 5.81. The largest absolute Gasteiger partial charge is 0.331 e. The van der Waals surface area contributed by atoms with E-state index < -0.39 is 5.92 Å². The van der Waals surface area contributed by atoms with Crippen LogP contribution in [0.15, 0.2) is 102 Å². The molecule has 202 valence electrons. The molecule has 6 nitrogen and oxygen atoms in total. The Morgan fingerprint density at radius 2 is 1.65 bits per heavy atom. The number of benzene rings is 3. The number of aromatic nitrogens is 1. The van der Waals surface area contributed by atoms with Crippen LogP contribution in [0.5, 0.6) is 0 Å². The summed E-state index contributed by atoms with van der Waals surface area (Å²) in [5.74, 6) is -3.27. The topological polar surface area (TPSA) is 72.6 Å². The fourth-order valence-corrected chi connectivity index (χ4v) is 4.24. The molecule has 0 saturated carbocycles. The first-order valence-corrected chi connectivity index (χ1v) is 12.7. The summed E-state index contributed by atoms with van der Waals surface area (Å²) < 4.78 is 27.5. The summed E-state index contributed by atoms with van der Waals surface area (Å²) in [6.07, 6.45) is 1.63. The summed E-state index contributed by atoms with van der Waals surface area (Å²) in [7, 11) is 1.64. The van der Waals surface area contributed by atoms with Crippen LogP contribution >= 0.6 is 0 Å². The maximum atomic E-state index is 13.8. The molecule has 0 bridgehead atoms. The number of halogens is 2. The smallest absolute Gasteiger partial charge is 0.273 e. The molecule has 1 amide bonds. The molecule has 1 heterocycles. The first-order valence-electron chi connectivity index (χ1n) is 12.7. The maximum Gasteiger partial charge on any atom is 0.273 e. The molecule has 0 spiro atoms. The lowest BCUT2D eigenvalue weighted by molar-refractivity contribution is 0.0174. The number of para-hydroxylation sites is 1. The van der Waals surface area contributed by atoms with Crippen molar-refractivity contribution in [2.75, 3.05) is 13.6 Å². The molecule has 0 aliphatic rings. The predicted octanol–water partition coefficient (Wildman–Crippen LogP) is 6.53. The van der Waals surface area contributed by atoms with Crippen LogP contribution in [0.4, 0.5) is 8.78 Å². The Morgan fingerprint density at radius 3 is 2.30 bits per heavy atom. The van der Waals surface area contributed by atoms with Gasteiger partial charge in [0.2, 0.25) is 0 Å². The van der Waals surface area contributed by atoms with E-state index in [1.165, 1.54) is 12.1 Å². The number of amides is 1. The lowest BCUT2D eigenvalue weighted by Crippen LogP contribution is -2.36. The third-order valence-electron chi connectivity index (χ3n) is 6.41. The number of nitriles is 1. The van der Waals surface area contributed by atoms with Crippen molar-refractivity contribution in [3.05, 3.63) is 125 Å². The van der Waals surface area contributed by atoms with Crippen molar-refractivity contribution in [1.82, 2.24) is 14.8 Å². The van der Waals surface area contributed by atoms with Gasteiger partial charge >= 0.3 is 0 Å². The van der Waals surface area contributed by atoms with Crippen LogP contribution in [-0.2, 0) is 19.0 Å². The van der Waals surface area contributed by atoms with E-state index in [-0.39, 0.29) is 30.3 Å². The molecule has 1 aromatic heterocycles. The van der Waals surface area contributed by atoms with E-state index in [9.17, 15) is 13.6 Å². The highest BCUT2D eigenvalue weighted by atomic mass is 19.3. The van der Waals surface area contributed by atoms with E-state index >= 15 is 0 Å². The monoisotopic (exact) mass is 537 g/mol. The van der Waals surface area contributed by atoms with E-state index in [1.807, 2.05) is 47.4 Å². The van der Waals surface area contributed by atoms with Crippen LogP contribution in [0, 0.1) is 11.3 Å². The van der Waals surface area contributed by atoms with Gasteiger partial charge in [0.25, 0.3) is 11.8 Å². The highest BCUT2D eigenvalue weighted by Crippen LogP contribution is 2.27. The highest BCUT2D eigenvalue weighted by molar-refractivity contribution is 5.95. The second-order valence-corrected chi connectivity index (χ2v) is 9.51. The third-order valence-corrected chi connectivity index (χ3v) is 6.41. The predicted molar refractivity (Wildman–Crippen MR) is 153 cm³/mol. The number of hydrogen-bond donors (Lipinski definition) is 0. The van der Waals surface area contributed by atoms with Crippen molar-refractivity contribution in [2.45, 2.75) is 25.9 Å². The number of carbonyl (C=O) groups is 1. The van der Waals surface area contributed by atoms with Gasteiger partial charge in [0.15, 0.2) is 0 Å². The van der Waals surface area contributed by atoms with Gasteiger partial charge in [-0.05, 0) is 35.4 Å². The molecule has 4 rings (SSSR count). The normalized spacial score (nSPS) is 11.4. The first-order chi connectivity index (χ1) is 19.2. The minimum absolute atomic E-state index is 0.0949. The van der Waals surface area contributed by atoms with Crippen LogP contribution < -0.4 is 0 Å². The number of pyridine rings is 1. The standard InChI is InChI=1S/C32H29F2N5O/c1-23(39(22-36-3)21-25-10-8-24(18-35)9-11-25)19-38(20-26-12-15-28(16-13-26)32(2,33)34)31(40)30-17-14-27-6-4-5-7-29(27)37-30/h4-17,22H,1,19-21H2,2-3H3. The molecule has 0 radical (unpaired) electrons. The Balaban J connectivity index is 1.62. The van der Waals surface area contributed by atoms with Crippen LogP contribution in [0.1, 0.15) is 39.7 Å². The molecule has 3 aromatic carbocycles. The van der Waals surface area contributed by atoms with Crippen LogP contribution in [-0.4, -0.2) is 40.6 Å². The van der Waals surface area contributed by atoms with E-state index in [1.54, 1.807) is 48.6 Å². The number of aliphatic imine (C=N–C) groups is 1. The van der Waals surface area contributed by atoms with Gasteiger partial charge in [-0.2, -0.15) is 5.26 Å². The average molecular weight is 538 g/mol. The van der Waals surface area contributed by atoms with Gasteiger partial charge in [-0.25, -0.2) is 13.8 Å². The summed E-state index contributed by atoms with van der Waals surface area (Å²) >= 11 is 0. The Hall–Kier alpha value is -4.90. The molecule has 4 aromatic rings. The highest BCUT2D eigenvalue weighted by Gasteiger charge is 2.25. The number of carbonyl (C=O) groups excluding carboxylic acids is 1. The van der Waals surface area contributed by atoms with Crippen molar-refractivity contribution in [1.29, 1.82) is 5.26 Å². The van der Waals surface area contributed by atoms with Gasteiger partial charge in [-0.3, -0.25) is 9.79 Å². The van der Waals surface area contributed by atoms with Crippen molar-refractivity contribution in [3.8, 4) is 6.07 Å². The SMILES string of the molecule is C=C(CN(Cc1ccc(C(C)(F)F)cc1)C(=O)c1ccc2ccccc2n1)N(C=NC)Cc1ccc(C#N)cc1.